The summed E-state index contributed by atoms with van der Waals surface area (Å²) < 4.78 is 34.5. The third kappa shape index (κ3) is 4.84. The van der Waals surface area contributed by atoms with Crippen molar-refractivity contribution in [3.8, 4) is 5.75 Å². The number of benzene rings is 1. The van der Waals surface area contributed by atoms with E-state index in [1.807, 2.05) is 13.8 Å². The Balaban J connectivity index is 2.08. The minimum absolute atomic E-state index is 0.0126. The molecule has 1 aliphatic heterocycles. The SMILES string of the molecule is CC(C)Oc1ccc(Cl)cc1CNS(=O)(=O)N1CCCCC1. The fourth-order valence-corrected chi connectivity index (χ4v) is 3.87. The second kappa shape index (κ2) is 7.64. The van der Waals surface area contributed by atoms with Crippen molar-refractivity contribution < 1.29 is 13.2 Å². The van der Waals surface area contributed by atoms with Gasteiger partial charge in [-0.2, -0.15) is 17.4 Å². The lowest BCUT2D eigenvalue weighted by Crippen LogP contribution is -2.43. The quantitative estimate of drug-likeness (QED) is 0.861. The van der Waals surface area contributed by atoms with Crippen molar-refractivity contribution in [2.45, 2.75) is 45.8 Å². The standard InChI is InChI=1S/C15H23ClN2O3S/c1-12(2)21-15-7-6-14(16)10-13(15)11-17-22(19,20)18-8-4-3-5-9-18/h6-7,10,12,17H,3-5,8-9,11H2,1-2H3. The minimum atomic E-state index is -3.45. The molecule has 0 atom stereocenters. The molecule has 1 saturated heterocycles. The number of hydrogen-bond acceptors (Lipinski definition) is 3. The Hall–Kier alpha value is -0.820. The van der Waals surface area contributed by atoms with E-state index in [0.717, 1.165) is 24.8 Å². The molecule has 0 unspecified atom stereocenters. The van der Waals surface area contributed by atoms with Gasteiger partial charge in [0.05, 0.1) is 6.10 Å². The first-order valence-electron chi connectivity index (χ1n) is 7.58. The van der Waals surface area contributed by atoms with Crippen LogP contribution in [0.1, 0.15) is 38.7 Å². The molecule has 0 aromatic heterocycles. The highest BCUT2D eigenvalue weighted by molar-refractivity contribution is 7.87. The molecule has 1 N–H and O–H groups in total. The maximum atomic E-state index is 12.3. The third-order valence-corrected chi connectivity index (χ3v) is 5.27. The molecule has 1 fully saturated rings. The molecule has 0 saturated carbocycles. The normalized spacial score (nSPS) is 16.9. The van der Waals surface area contributed by atoms with Gasteiger partial charge in [-0.05, 0) is 44.9 Å². The van der Waals surface area contributed by atoms with Gasteiger partial charge in [0.2, 0.25) is 0 Å². The second-order valence-electron chi connectivity index (χ2n) is 5.70. The fraction of sp³-hybridized carbons (Fsp3) is 0.600. The van der Waals surface area contributed by atoms with E-state index >= 15 is 0 Å². The summed E-state index contributed by atoms with van der Waals surface area (Å²) >= 11 is 6.01. The van der Waals surface area contributed by atoms with E-state index in [1.165, 1.54) is 4.31 Å². The van der Waals surface area contributed by atoms with E-state index in [2.05, 4.69) is 4.72 Å². The van der Waals surface area contributed by atoms with Crippen LogP contribution in [-0.4, -0.2) is 31.9 Å². The minimum Gasteiger partial charge on any atom is -0.491 e. The molecule has 5 nitrogen and oxygen atoms in total. The van der Waals surface area contributed by atoms with Crippen LogP contribution in [0.3, 0.4) is 0 Å². The number of nitrogens with one attached hydrogen (secondary N) is 1. The summed E-state index contributed by atoms with van der Waals surface area (Å²) in [5, 5.41) is 0.559. The monoisotopic (exact) mass is 346 g/mol. The first-order valence-corrected chi connectivity index (χ1v) is 9.40. The van der Waals surface area contributed by atoms with Crippen LogP contribution in [0.25, 0.3) is 0 Å². The molecule has 2 rings (SSSR count). The molecule has 0 radical (unpaired) electrons. The van der Waals surface area contributed by atoms with Gasteiger partial charge < -0.3 is 4.74 Å². The summed E-state index contributed by atoms with van der Waals surface area (Å²) in [6.07, 6.45) is 2.94. The lowest BCUT2D eigenvalue weighted by Gasteiger charge is -2.26. The van der Waals surface area contributed by atoms with Crippen LogP contribution >= 0.6 is 11.6 Å². The van der Waals surface area contributed by atoms with Gasteiger partial charge >= 0.3 is 0 Å². The number of halogens is 1. The van der Waals surface area contributed by atoms with Crippen molar-refractivity contribution >= 4 is 21.8 Å². The Morgan fingerprint density at radius 1 is 1.27 bits per heavy atom. The summed E-state index contributed by atoms with van der Waals surface area (Å²) in [5.41, 5.74) is 0.738. The topological polar surface area (TPSA) is 58.6 Å². The smallest absolute Gasteiger partial charge is 0.279 e. The van der Waals surface area contributed by atoms with Crippen molar-refractivity contribution in [3.05, 3.63) is 28.8 Å². The van der Waals surface area contributed by atoms with Crippen LogP contribution in [0.15, 0.2) is 18.2 Å². The largest absolute Gasteiger partial charge is 0.491 e. The second-order valence-corrected chi connectivity index (χ2v) is 7.90. The molecule has 1 heterocycles. The highest BCUT2D eigenvalue weighted by Gasteiger charge is 2.23. The molecular weight excluding hydrogens is 324 g/mol. The predicted molar refractivity (Wildman–Crippen MR) is 88.4 cm³/mol. The molecule has 1 aromatic carbocycles. The number of rotatable bonds is 6. The lowest BCUT2D eigenvalue weighted by molar-refractivity contribution is 0.240. The van der Waals surface area contributed by atoms with Crippen molar-refractivity contribution in [1.82, 2.24) is 9.03 Å². The molecule has 0 aliphatic carbocycles. The Kier molecular flexibility index (Phi) is 6.09. The Morgan fingerprint density at radius 3 is 2.59 bits per heavy atom. The van der Waals surface area contributed by atoms with Crippen LogP contribution in [-0.2, 0) is 16.8 Å². The average Bonchev–Trinajstić information content (AvgIpc) is 2.48. The molecule has 1 aromatic rings. The third-order valence-electron chi connectivity index (χ3n) is 3.49. The molecule has 7 heteroatoms. The van der Waals surface area contributed by atoms with E-state index in [-0.39, 0.29) is 12.6 Å². The van der Waals surface area contributed by atoms with Gasteiger partial charge in [-0.15, -0.1) is 0 Å². The Labute approximate surface area is 137 Å². The van der Waals surface area contributed by atoms with Crippen LogP contribution in [0.4, 0.5) is 0 Å². The van der Waals surface area contributed by atoms with Crippen molar-refractivity contribution in [2.75, 3.05) is 13.1 Å². The van der Waals surface area contributed by atoms with Crippen LogP contribution in [0.2, 0.25) is 5.02 Å². The predicted octanol–water partition coefficient (Wildman–Crippen LogP) is 2.95. The summed E-state index contributed by atoms with van der Waals surface area (Å²) in [5.74, 6) is 0.653. The summed E-state index contributed by atoms with van der Waals surface area (Å²) in [7, 11) is -3.45. The summed E-state index contributed by atoms with van der Waals surface area (Å²) in [4.78, 5) is 0. The van der Waals surface area contributed by atoms with Crippen LogP contribution < -0.4 is 9.46 Å². The van der Waals surface area contributed by atoms with E-state index in [0.29, 0.717) is 23.9 Å². The zero-order valence-electron chi connectivity index (χ0n) is 13.0. The Bertz CT molecular complexity index is 599. The molecule has 22 heavy (non-hydrogen) atoms. The maximum Gasteiger partial charge on any atom is 0.279 e. The van der Waals surface area contributed by atoms with Gasteiger partial charge in [0.25, 0.3) is 10.2 Å². The molecule has 124 valence electrons. The number of piperidine rings is 1. The highest BCUT2D eigenvalue weighted by atomic mass is 35.5. The van der Waals surface area contributed by atoms with Crippen LogP contribution in [0, 0.1) is 0 Å². The van der Waals surface area contributed by atoms with Gasteiger partial charge in [-0.1, -0.05) is 18.0 Å². The maximum absolute atomic E-state index is 12.3. The van der Waals surface area contributed by atoms with E-state index in [4.69, 9.17) is 16.3 Å². The van der Waals surface area contributed by atoms with E-state index in [1.54, 1.807) is 18.2 Å². The summed E-state index contributed by atoms with van der Waals surface area (Å²) in [6, 6.07) is 5.24. The van der Waals surface area contributed by atoms with Gasteiger partial charge in [0.15, 0.2) is 0 Å². The van der Waals surface area contributed by atoms with Gasteiger partial charge in [0, 0.05) is 30.2 Å². The molecule has 0 spiro atoms. The van der Waals surface area contributed by atoms with E-state index in [9.17, 15) is 8.42 Å². The molecular formula is C15H23ClN2O3S. The number of hydrogen-bond donors (Lipinski definition) is 1. The van der Waals surface area contributed by atoms with Crippen molar-refractivity contribution in [2.24, 2.45) is 0 Å². The zero-order chi connectivity index (χ0) is 16.2. The van der Waals surface area contributed by atoms with E-state index < -0.39 is 10.2 Å². The number of nitrogens with zero attached hydrogens (tertiary/aromatic N) is 1. The molecule has 1 aliphatic rings. The molecule has 0 amide bonds. The zero-order valence-corrected chi connectivity index (χ0v) is 14.6. The van der Waals surface area contributed by atoms with Crippen molar-refractivity contribution in [3.63, 3.8) is 0 Å². The number of ether oxygens (including phenoxy) is 1. The molecule has 0 bridgehead atoms. The highest BCUT2D eigenvalue weighted by Crippen LogP contribution is 2.24. The van der Waals surface area contributed by atoms with Gasteiger partial charge in [0.1, 0.15) is 5.75 Å². The van der Waals surface area contributed by atoms with Crippen LogP contribution in [0.5, 0.6) is 5.75 Å². The van der Waals surface area contributed by atoms with Crippen molar-refractivity contribution in [1.29, 1.82) is 0 Å². The Morgan fingerprint density at radius 2 is 1.95 bits per heavy atom. The fourth-order valence-electron chi connectivity index (χ4n) is 2.42. The first-order chi connectivity index (χ1) is 10.4. The van der Waals surface area contributed by atoms with Gasteiger partial charge in [-0.25, -0.2) is 0 Å². The van der Waals surface area contributed by atoms with Gasteiger partial charge in [-0.3, -0.25) is 0 Å². The lowest BCUT2D eigenvalue weighted by atomic mass is 10.2. The average molecular weight is 347 g/mol. The summed E-state index contributed by atoms with van der Waals surface area (Å²) in [6.45, 7) is 5.19. The first kappa shape index (κ1) is 17.5.